The second kappa shape index (κ2) is 5.56. The Hall–Kier alpha value is -1.36. The van der Waals surface area contributed by atoms with Crippen molar-refractivity contribution in [3.8, 4) is 0 Å². The van der Waals surface area contributed by atoms with E-state index in [2.05, 4.69) is 17.0 Å². The summed E-state index contributed by atoms with van der Waals surface area (Å²) < 4.78 is 5.15. The van der Waals surface area contributed by atoms with Gasteiger partial charge in [-0.05, 0) is 45.7 Å². The summed E-state index contributed by atoms with van der Waals surface area (Å²) in [5.41, 5.74) is 0.764. The van der Waals surface area contributed by atoms with E-state index in [1.54, 1.807) is 6.07 Å². The average molecular weight is 277 g/mol. The largest absolute Gasteiger partial charge is 0.351 e. The summed E-state index contributed by atoms with van der Waals surface area (Å²) in [4.78, 5) is 17.1. The van der Waals surface area contributed by atoms with Gasteiger partial charge in [-0.1, -0.05) is 12.1 Å². The molecule has 1 amide bonds. The Morgan fingerprint density at radius 1 is 1.35 bits per heavy atom. The maximum Gasteiger partial charge on any atom is 0.292 e. The molecule has 3 rings (SSSR count). The first-order chi connectivity index (χ1) is 9.70. The molecule has 2 fully saturated rings. The lowest BCUT2D eigenvalue weighted by molar-refractivity contribution is 0.0609. The van der Waals surface area contributed by atoms with Gasteiger partial charge in [-0.2, -0.15) is 0 Å². The summed E-state index contributed by atoms with van der Waals surface area (Å²) in [6.45, 7) is 7.14. The summed E-state index contributed by atoms with van der Waals surface area (Å²) in [6.07, 6.45) is 4.66. The predicted molar refractivity (Wildman–Crippen MR) is 75.6 cm³/mol. The van der Waals surface area contributed by atoms with Gasteiger partial charge in [0.1, 0.15) is 0 Å². The standard InChI is InChI=1S/C15H23N3O2/c1-3-17-8-4-6-12(17)13-7-5-9-18(13)15(19)14-10-11(2)16-20-14/h10,12-13H,3-9H2,1-2H3/t12-,13+/m1/s1. The van der Waals surface area contributed by atoms with Crippen LogP contribution in [0.1, 0.15) is 48.9 Å². The summed E-state index contributed by atoms with van der Waals surface area (Å²) in [6, 6.07) is 2.61. The lowest BCUT2D eigenvalue weighted by atomic mass is 10.0. The van der Waals surface area contributed by atoms with Gasteiger partial charge in [0, 0.05) is 24.7 Å². The fraction of sp³-hybridized carbons (Fsp3) is 0.733. The molecule has 1 aromatic heterocycles. The number of likely N-dealkylation sites (tertiary alicyclic amines) is 2. The van der Waals surface area contributed by atoms with Gasteiger partial charge in [-0.3, -0.25) is 9.69 Å². The molecule has 0 radical (unpaired) electrons. The molecule has 20 heavy (non-hydrogen) atoms. The fourth-order valence-electron chi connectivity index (χ4n) is 3.73. The maximum absolute atomic E-state index is 12.6. The highest BCUT2D eigenvalue weighted by molar-refractivity contribution is 5.92. The van der Waals surface area contributed by atoms with Crippen molar-refractivity contribution >= 4 is 5.91 Å². The number of carbonyl (C=O) groups is 1. The van der Waals surface area contributed by atoms with E-state index in [0.717, 1.165) is 31.6 Å². The number of carbonyl (C=O) groups excluding carboxylic acids is 1. The quantitative estimate of drug-likeness (QED) is 0.848. The molecular weight excluding hydrogens is 254 g/mol. The summed E-state index contributed by atoms with van der Waals surface area (Å²) in [5.74, 6) is 0.395. The zero-order valence-corrected chi connectivity index (χ0v) is 12.3. The maximum atomic E-state index is 12.6. The van der Waals surface area contributed by atoms with Crippen LogP contribution in [0.2, 0.25) is 0 Å². The normalized spacial score (nSPS) is 27.4. The summed E-state index contributed by atoms with van der Waals surface area (Å²) in [5, 5.41) is 3.83. The van der Waals surface area contributed by atoms with Gasteiger partial charge >= 0.3 is 0 Å². The Morgan fingerprint density at radius 3 is 2.80 bits per heavy atom. The number of rotatable bonds is 3. The molecule has 2 aliphatic rings. The van der Waals surface area contributed by atoms with Crippen LogP contribution in [0.25, 0.3) is 0 Å². The number of hydrogen-bond acceptors (Lipinski definition) is 4. The van der Waals surface area contributed by atoms with Crippen LogP contribution in [0.4, 0.5) is 0 Å². The molecule has 2 atom stereocenters. The molecule has 1 aromatic rings. The molecular formula is C15H23N3O2. The third kappa shape index (κ3) is 2.35. The van der Waals surface area contributed by atoms with E-state index in [1.165, 1.54) is 19.4 Å². The molecule has 2 saturated heterocycles. The zero-order valence-electron chi connectivity index (χ0n) is 12.3. The van der Waals surface area contributed by atoms with Gasteiger partial charge in [-0.25, -0.2) is 0 Å². The Bertz CT molecular complexity index is 485. The lowest BCUT2D eigenvalue weighted by Gasteiger charge is -2.34. The predicted octanol–water partition coefficient (Wildman–Crippen LogP) is 2.07. The van der Waals surface area contributed by atoms with E-state index in [1.807, 2.05) is 11.8 Å². The Kier molecular flexibility index (Phi) is 3.78. The van der Waals surface area contributed by atoms with E-state index in [4.69, 9.17) is 4.52 Å². The Balaban J connectivity index is 1.77. The monoisotopic (exact) mass is 277 g/mol. The second-order valence-electron chi connectivity index (χ2n) is 5.88. The zero-order chi connectivity index (χ0) is 14.1. The highest BCUT2D eigenvalue weighted by Crippen LogP contribution is 2.30. The Labute approximate surface area is 119 Å². The average Bonchev–Trinajstić information content (AvgIpc) is 3.16. The number of aromatic nitrogens is 1. The molecule has 0 aliphatic carbocycles. The summed E-state index contributed by atoms with van der Waals surface area (Å²) >= 11 is 0. The van der Waals surface area contributed by atoms with Crippen molar-refractivity contribution in [2.75, 3.05) is 19.6 Å². The SMILES string of the molecule is CCN1CCC[C@@H]1[C@@H]1CCCN1C(=O)c1cc(C)no1. The van der Waals surface area contributed by atoms with E-state index >= 15 is 0 Å². The topological polar surface area (TPSA) is 49.6 Å². The van der Waals surface area contributed by atoms with Crippen molar-refractivity contribution in [3.05, 3.63) is 17.5 Å². The molecule has 0 saturated carbocycles. The van der Waals surface area contributed by atoms with Crippen LogP contribution in [0.15, 0.2) is 10.6 Å². The van der Waals surface area contributed by atoms with Crippen molar-refractivity contribution in [1.82, 2.24) is 15.0 Å². The van der Waals surface area contributed by atoms with E-state index < -0.39 is 0 Å². The van der Waals surface area contributed by atoms with Crippen molar-refractivity contribution < 1.29 is 9.32 Å². The molecule has 5 heteroatoms. The molecule has 110 valence electrons. The van der Waals surface area contributed by atoms with Crippen molar-refractivity contribution in [2.45, 2.75) is 51.6 Å². The van der Waals surface area contributed by atoms with Crippen LogP contribution in [-0.2, 0) is 0 Å². The van der Waals surface area contributed by atoms with Crippen LogP contribution in [0, 0.1) is 6.92 Å². The smallest absolute Gasteiger partial charge is 0.292 e. The van der Waals surface area contributed by atoms with Gasteiger partial charge in [0.25, 0.3) is 5.91 Å². The molecule has 5 nitrogen and oxygen atoms in total. The second-order valence-corrected chi connectivity index (χ2v) is 5.88. The molecule has 0 N–H and O–H groups in total. The third-order valence-corrected chi connectivity index (χ3v) is 4.66. The van der Waals surface area contributed by atoms with Crippen molar-refractivity contribution in [2.24, 2.45) is 0 Å². The molecule has 0 aromatic carbocycles. The highest BCUT2D eigenvalue weighted by Gasteiger charge is 2.40. The number of likely N-dealkylation sites (N-methyl/N-ethyl adjacent to an activating group) is 1. The number of amides is 1. The first-order valence-electron chi connectivity index (χ1n) is 7.69. The molecule has 0 unspecified atom stereocenters. The minimum absolute atomic E-state index is 0.0102. The van der Waals surface area contributed by atoms with Crippen LogP contribution in [-0.4, -0.2) is 52.6 Å². The third-order valence-electron chi connectivity index (χ3n) is 4.66. The number of aryl methyl sites for hydroxylation is 1. The molecule has 0 bridgehead atoms. The molecule has 2 aliphatic heterocycles. The lowest BCUT2D eigenvalue weighted by Crippen LogP contribution is -2.48. The summed E-state index contributed by atoms with van der Waals surface area (Å²) in [7, 11) is 0. The van der Waals surface area contributed by atoms with Crippen LogP contribution >= 0.6 is 0 Å². The molecule has 3 heterocycles. The minimum Gasteiger partial charge on any atom is -0.351 e. The fourth-order valence-corrected chi connectivity index (χ4v) is 3.73. The van der Waals surface area contributed by atoms with E-state index in [0.29, 0.717) is 17.8 Å². The van der Waals surface area contributed by atoms with Crippen molar-refractivity contribution in [1.29, 1.82) is 0 Å². The minimum atomic E-state index is 0.0102. The van der Waals surface area contributed by atoms with Crippen LogP contribution < -0.4 is 0 Å². The van der Waals surface area contributed by atoms with E-state index in [-0.39, 0.29) is 5.91 Å². The van der Waals surface area contributed by atoms with Crippen LogP contribution in [0.3, 0.4) is 0 Å². The van der Waals surface area contributed by atoms with Gasteiger partial charge in [0.2, 0.25) is 5.76 Å². The van der Waals surface area contributed by atoms with Gasteiger partial charge in [0.15, 0.2) is 0 Å². The number of hydrogen-bond donors (Lipinski definition) is 0. The number of nitrogens with zero attached hydrogens (tertiary/aromatic N) is 3. The Morgan fingerprint density at radius 2 is 2.10 bits per heavy atom. The first kappa shape index (κ1) is 13.6. The van der Waals surface area contributed by atoms with Crippen LogP contribution in [0.5, 0.6) is 0 Å². The van der Waals surface area contributed by atoms with Crippen molar-refractivity contribution in [3.63, 3.8) is 0 Å². The van der Waals surface area contributed by atoms with Gasteiger partial charge < -0.3 is 9.42 Å². The molecule has 0 spiro atoms. The van der Waals surface area contributed by atoms with Gasteiger partial charge in [-0.15, -0.1) is 0 Å². The first-order valence-corrected chi connectivity index (χ1v) is 7.69. The van der Waals surface area contributed by atoms with E-state index in [9.17, 15) is 4.79 Å². The highest BCUT2D eigenvalue weighted by atomic mass is 16.5. The van der Waals surface area contributed by atoms with Gasteiger partial charge in [0.05, 0.1) is 5.69 Å².